The Kier molecular flexibility index (Phi) is 5.45. The molecule has 26 heavy (non-hydrogen) atoms. The van der Waals surface area contributed by atoms with Gasteiger partial charge in [-0.15, -0.1) is 22.7 Å². The summed E-state index contributed by atoms with van der Waals surface area (Å²) in [6, 6.07) is 11.7. The Morgan fingerprint density at radius 3 is 2.38 bits per heavy atom. The molecule has 0 aliphatic rings. The van der Waals surface area contributed by atoms with Crippen molar-refractivity contribution in [3.05, 3.63) is 69.2 Å². The second-order valence-electron chi connectivity index (χ2n) is 5.80. The normalized spacial score (nSPS) is 11.3. The summed E-state index contributed by atoms with van der Waals surface area (Å²) in [6.07, 6.45) is 0. The van der Waals surface area contributed by atoms with E-state index in [-0.39, 0.29) is 10.1 Å². The third kappa shape index (κ3) is 4.14. The largest absolute Gasteiger partial charge is 0.337 e. The number of hydrogen-bond donors (Lipinski definition) is 1. The Hall–Kier alpha value is -2.16. The lowest BCUT2D eigenvalue weighted by Crippen LogP contribution is -2.26. The molecule has 3 aromatic rings. The number of nitrogens with zero attached hydrogens (tertiary/aromatic N) is 1. The molecule has 0 unspecified atom stereocenters. The number of hydrogen-bond acceptors (Lipinski definition) is 5. The van der Waals surface area contributed by atoms with Crippen molar-refractivity contribution < 1.29 is 13.2 Å². The van der Waals surface area contributed by atoms with Gasteiger partial charge < -0.3 is 4.90 Å². The van der Waals surface area contributed by atoms with Crippen molar-refractivity contribution in [1.29, 1.82) is 0 Å². The minimum absolute atomic E-state index is 0.106. The minimum Gasteiger partial charge on any atom is -0.337 e. The van der Waals surface area contributed by atoms with Crippen molar-refractivity contribution in [2.75, 3.05) is 11.8 Å². The van der Waals surface area contributed by atoms with Gasteiger partial charge in [-0.3, -0.25) is 9.52 Å². The minimum atomic E-state index is -3.58. The van der Waals surface area contributed by atoms with E-state index in [1.54, 1.807) is 65.1 Å². The number of nitrogens with one attached hydrogen (secondary N) is 1. The quantitative estimate of drug-likeness (QED) is 0.667. The Labute approximate surface area is 161 Å². The summed E-state index contributed by atoms with van der Waals surface area (Å²) in [4.78, 5) is 15.4. The summed E-state index contributed by atoms with van der Waals surface area (Å²) in [7, 11) is -1.83. The van der Waals surface area contributed by atoms with E-state index in [1.165, 1.54) is 5.56 Å². The number of amides is 1. The van der Waals surface area contributed by atoms with Crippen LogP contribution in [-0.4, -0.2) is 26.3 Å². The zero-order chi connectivity index (χ0) is 18.7. The molecule has 2 heterocycles. The van der Waals surface area contributed by atoms with Crippen LogP contribution in [0.2, 0.25) is 0 Å². The average Bonchev–Trinajstić information content (AvgIpc) is 3.27. The van der Waals surface area contributed by atoms with Gasteiger partial charge in [-0.1, -0.05) is 6.07 Å². The van der Waals surface area contributed by atoms with E-state index >= 15 is 0 Å². The fraction of sp³-hybridized carbons (Fsp3) is 0.167. The summed E-state index contributed by atoms with van der Waals surface area (Å²) >= 11 is 2.78. The Balaban J connectivity index is 1.69. The van der Waals surface area contributed by atoms with Gasteiger partial charge in [0.2, 0.25) is 0 Å². The number of carbonyl (C=O) groups excluding carboxylic acids is 1. The monoisotopic (exact) mass is 406 g/mol. The predicted molar refractivity (Wildman–Crippen MR) is 106 cm³/mol. The van der Waals surface area contributed by atoms with Gasteiger partial charge in [0.15, 0.2) is 0 Å². The molecule has 1 N–H and O–H groups in total. The Morgan fingerprint density at radius 2 is 1.81 bits per heavy atom. The molecule has 0 bridgehead atoms. The number of rotatable bonds is 6. The summed E-state index contributed by atoms with van der Waals surface area (Å²) < 4.78 is 27.2. The number of sulfonamides is 1. The van der Waals surface area contributed by atoms with Crippen molar-refractivity contribution in [2.45, 2.75) is 17.7 Å². The maximum atomic E-state index is 12.6. The lowest BCUT2D eigenvalue weighted by Gasteiger charge is -2.17. The number of thiophene rings is 2. The van der Waals surface area contributed by atoms with Gasteiger partial charge in [-0.2, -0.15) is 0 Å². The highest BCUT2D eigenvalue weighted by Gasteiger charge is 2.17. The molecule has 1 aromatic carbocycles. The molecule has 0 fully saturated rings. The number of aryl methyl sites for hydroxylation is 1. The van der Waals surface area contributed by atoms with Crippen LogP contribution in [0, 0.1) is 6.92 Å². The fourth-order valence-corrected chi connectivity index (χ4v) is 5.39. The van der Waals surface area contributed by atoms with E-state index in [0.29, 0.717) is 17.8 Å². The molecule has 3 rings (SSSR count). The van der Waals surface area contributed by atoms with Crippen LogP contribution < -0.4 is 4.72 Å². The first-order chi connectivity index (χ1) is 12.4. The lowest BCUT2D eigenvalue weighted by molar-refractivity contribution is 0.0786. The molecule has 0 atom stereocenters. The van der Waals surface area contributed by atoms with Crippen molar-refractivity contribution in [3.8, 4) is 0 Å². The number of carbonyl (C=O) groups is 1. The summed E-state index contributed by atoms with van der Waals surface area (Å²) in [5.41, 5.74) is 2.11. The molecule has 0 aliphatic heterocycles. The van der Waals surface area contributed by atoms with E-state index in [9.17, 15) is 13.2 Å². The van der Waals surface area contributed by atoms with Crippen LogP contribution >= 0.6 is 22.7 Å². The van der Waals surface area contributed by atoms with E-state index in [1.807, 2.05) is 18.4 Å². The SMILES string of the molecule is Cc1ccsc1CN(C)C(=O)c1ccc(NS(=O)(=O)c2cccs2)cc1. The van der Waals surface area contributed by atoms with Crippen LogP contribution in [-0.2, 0) is 16.6 Å². The van der Waals surface area contributed by atoms with Crippen LogP contribution in [0.3, 0.4) is 0 Å². The molecule has 0 saturated heterocycles. The predicted octanol–water partition coefficient (Wildman–Crippen LogP) is 4.19. The Bertz CT molecular complexity index is 991. The first-order valence-corrected chi connectivity index (χ1v) is 11.1. The highest BCUT2D eigenvalue weighted by molar-refractivity contribution is 7.94. The maximum Gasteiger partial charge on any atom is 0.271 e. The smallest absolute Gasteiger partial charge is 0.271 e. The van der Waals surface area contributed by atoms with Gasteiger partial charge in [0, 0.05) is 23.2 Å². The summed E-state index contributed by atoms with van der Waals surface area (Å²) in [5, 5.41) is 3.72. The topological polar surface area (TPSA) is 66.5 Å². The van der Waals surface area contributed by atoms with Crippen molar-refractivity contribution >= 4 is 44.3 Å². The zero-order valence-electron chi connectivity index (χ0n) is 14.3. The molecular formula is C18H18N2O3S3. The van der Waals surface area contributed by atoms with Gasteiger partial charge >= 0.3 is 0 Å². The van der Waals surface area contributed by atoms with Crippen LogP contribution in [0.25, 0.3) is 0 Å². The zero-order valence-corrected chi connectivity index (χ0v) is 16.7. The number of benzene rings is 1. The molecule has 0 radical (unpaired) electrons. The van der Waals surface area contributed by atoms with E-state index in [4.69, 9.17) is 0 Å². The molecule has 1 amide bonds. The van der Waals surface area contributed by atoms with Crippen molar-refractivity contribution in [1.82, 2.24) is 4.90 Å². The molecule has 5 nitrogen and oxygen atoms in total. The molecular weight excluding hydrogens is 388 g/mol. The van der Waals surface area contributed by atoms with Gasteiger partial charge in [-0.25, -0.2) is 8.42 Å². The first-order valence-electron chi connectivity index (χ1n) is 7.81. The molecule has 2 aromatic heterocycles. The summed E-state index contributed by atoms with van der Waals surface area (Å²) in [5.74, 6) is -0.106. The average molecular weight is 407 g/mol. The Morgan fingerprint density at radius 1 is 1.08 bits per heavy atom. The highest BCUT2D eigenvalue weighted by Crippen LogP contribution is 2.21. The fourth-order valence-electron chi connectivity index (χ4n) is 2.38. The molecule has 0 spiro atoms. The van der Waals surface area contributed by atoms with Crippen LogP contribution in [0.15, 0.2) is 57.4 Å². The second-order valence-corrected chi connectivity index (χ2v) is 9.66. The standard InChI is InChI=1S/C18H18N2O3S3/c1-13-9-11-24-16(13)12-20(2)18(21)14-5-7-15(8-6-14)19-26(22,23)17-4-3-10-25-17/h3-11,19H,12H2,1-2H3. The molecule has 0 aliphatic carbocycles. The highest BCUT2D eigenvalue weighted by atomic mass is 32.2. The molecule has 8 heteroatoms. The molecule has 136 valence electrons. The van der Waals surface area contributed by atoms with Crippen LogP contribution in [0.1, 0.15) is 20.8 Å². The first kappa shape index (κ1) is 18.6. The van der Waals surface area contributed by atoms with Gasteiger partial charge in [-0.05, 0) is 59.6 Å². The van der Waals surface area contributed by atoms with Gasteiger partial charge in [0.25, 0.3) is 15.9 Å². The van der Waals surface area contributed by atoms with E-state index in [2.05, 4.69) is 4.72 Å². The lowest BCUT2D eigenvalue weighted by atomic mass is 10.2. The number of anilines is 1. The van der Waals surface area contributed by atoms with E-state index in [0.717, 1.165) is 16.2 Å². The summed E-state index contributed by atoms with van der Waals surface area (Å²) in [6.45, 7) is 2.58. The third-order valence-corrected chi connectivity index (χ3v) is 7.63. The van der Waals surface area contributed by atoms with Gasteiger partial charge in [0.1, 0.15) is 4.21 Å². The second kappa shape index (κ2) is 7.61. The molecule has 0 saturated carbocycles. The maximum absolute atomic E-state index is 12.6. The van der Waals surface area contributed by atoms with E-state index < -0.39 is 10.0 Å². The van der Waals surface area contributed by atoms with Crippen molar-refractivity contribution in [3.63, 3.8) is 0 Å². The van der Waals surface area contributed by atoms with Gasteiger partial charge in [0.05, 0.1) is 6.54 Å². The van der Waals surface area contributed by atoms with Crippen LogP contribution in [0.4, 0.5) is 5.69 Å². The van der Waals surface area contributed by atoms with Crippen molar-refractivity contribution in [2.24, 2.45) is 0 Å². The van der Waals surface area contributed by atoms with Crippen LogP contribution in [0.5, 0.6) is 0 Å². The third-order valence-electron chi connectivity index (χ3n) is 3.84.